The van der Waals surface area contributed by atoms with Crippen molar-refractivity contribution in [1.82, 2.24) is 15.6 Å². The molecule has 120 valence electrons. The van der Waals surface area contributed by atoms with Crippen LogP contribution in [0.1, 0.15) is 43.0 Å². The molecule has 2 unspecified atom stereocenters. The zero-order valence-corrected chi connectivity index (χ0v) is 13.0. The van der Waals surface area contributed by atoms with Crippen molar-refractivity contribution >= 4 is 11.8 Å². The first kappa shape index (κ1) is 16.4. The van der Waals surface area contributed by atoms with Crippen molar-refractivity contribution in [2.45, 2.75) is 38.1 Å². The Kier molecular flexibility index (Phi) is 5.49. The van der Waals surface area contributed by atoms with Gasteiger partial charge in [-0.2, -0.15) is 0 Å². The molecular formula is C16H24N4O2. The molecule has 2 atom stereocenters. The van der Waals surface area contributed by atoms with Gasteiger partial charge in [-0.1, -0.05) is 12.8 Å². The lowest BCUT2D eigenvalue weighted by Crippen LogP contribution is -2.53. The number of nitrogens with two attached hydrogens (primary N) is 1. The quantitative estimate of drug-likeness (QED) is 0.702. The van der Waals surface area contributed by atoms with E-state index in [0.29, 0.717) is 18.7 Å². The molecule has 1 aliphatic carbocycles. The van der Waals surface area contributed by atoms with Crippen LogP contribution >= 0.6 is 0 Å². The van der Waals surface area contributed by atoms with Gasteiger partial charge < -0.3 is 16.4 Å². The highest BCUT2D eigenvalue weighted by Crippen LogP contribution is 2.31. The van der Waals surface area contributed by atoms with Crippen LogP contribution in [0, 0.1) is 5.92 Å². The zero-order chi connectivity index (χ0) is 16.0. The van der Waals surface area contributed by atoms with E-state index in [1.165, 1.54) is 6.20 Å². The molecule has 0 radical (unpaired) electrons. The van der Waals surface area contributed by atoms with Crippen molar-refractivity contribution in [3.63, 3.8) is 0 Å². The van der Waals surface area contributed by atoms with E-state index in [1.54, 1.807) is 18.3 Å². The monoisotopic (exact) mass is 304 g/mol. The maximum absolute atomic E-state index is 12.2. The van der Waals surface area contributed by atoms with Crippen LogP contribution in [0.5, 0.6) is 0 Å². The zero-order valence-electron chi connectivity index (χ0n) is 13.0. The standard InChI is InChI=1S/C16H24N4O2/c1-16(17)7-3-2-6-13(16)15(22)20-10-9-19-14(21)12-5-4-8-18-11-12/h4-5,8,11,13H,2-3,6-7,9-10,17H2,1H3,(H,19,21)(H,20,22). The summed E-state index contributed by atoms with van der Waals surface area (Å²) < 4.78 is 0. The lowest BCUT2D eigenvalue weighted by molar-refractivity contribution is -0.128. The summed E-state index contributed by atoms with van der Waals surface area (Å²) in [6.07, 6.45) is 6.96. The number of aromatic nitrogens is 1. The van der Waals surface area contributed by atoms with Crippen LogP contribution in [-0.4, -0.2) is 35.4 Å². The highest BCUT2D eigenvalue weighted by Gasteiger charge is 2.37. The molecule has 6 nitrogen and oxygen atoms in total. The van der Waals surface area contributed by atoms with Crippen LogP contribution in [-0.2, 0) is 4.79 Å². The normalized spacial score (nSPS) is 24.5. The van der Waals surface area contributed by atoms with Crippen molar-refractivity contribution in [3.8, 4) is 0 Å². The predicted molar refractivity (Wildman–Crippen MR) is 84.1 cm³/mol. The van der Waals surface area contributed by atoms with Crippen molar-refractivity contribution in [2.75, 3.05) is 13.1 Å². The summed E-state index contributed by atoms with van der Waals surface area (Å²) in [6.45, 7) is 2.73. The second-order valence-electron chi connectivity index (χ2n) is 6.09. The first-order valence-corrected chi connectivity index (χ1v) is 7.75. The van der Waals surface area contributed by atoms with E-state index in [0.717, 1.165) is 25.7 Å². The lowest BCUT2D eigenvalue weighted by Gasteiger charge is -2.37. The van der Waals surface area contributed by atoms with E-state index < -0.39 is 5.54 Å². The van der Waals surface area contributed by atoms with Gasteiger partial charge in [-0.3, -0.25) is 14.6 Å². The molecule has 4 N–H and O–H groups in total. The van der Waals surface area contributed by atoms with Crippen LogP contribution in [0.4, 0.5) is 0 Å². The minimum absolute atomic E-state index is 0.0136. The van der Waals surface area contributed by atoms with E-state index in [-0.39, 0.29) is 17.7 Å². The number of carbonyl (C=O) groups excluding carboxylic acids is 2. The van der Waals surface area contributed by atoms with Crippen LogP contribution in [0.25, 0.3) is 0 Å². The fourth-order valence-corrected chi connectivity index (χ4v) is 2.87. The van der Waals surface area contributed by atoms with Crippen molar-refractivity contribution < 1.29 is 9.59 Å². The van der Waals surface area contributed by atoms with Gasteiger partial charge in [0.1, 0.15) is 0 Å². The Bertz CT molecular complexity index is 516. The van der Waals surface area contributed by atoms with Gasteiger partial charge in [0.2, 0.25) is 5.91 Å². The molecule has 1 heterocycles. The number of pyridine rings is 1. The smallest absolute Gasteiger partial charge is 0.252 e. The second-order valence-corrected chi connectivity index (χ2v) is 6.09. The van der Waals surface area contributed by atoms with Crippen molar-refractivity contribution in [3.05, 3.63) is 30.1 Å². The molecule has 22 heavy (non-hydrogen) atoms. The Morgan fingerprint density at radius 3 is 2.82 bits per heavy atom. The fourth-order valence-electron chi connectivity index (χ4n) is 2.87. The van der Waals surface area contributed by atoms with E-state index in [4.69, 9.17) is 5.73 Å². The highest BCUT2D eigenvalue weighted by atomic mass is 16.2. The van der Waals surface area contributed by atoms with E-state index in [9.17, 15) is 9.59 Å². The van der Waals surface area contributed by atoms with Crippen LogP contribution in [0.15, 0.2) is 24.5 Å². The van der Waals surface area contributed by atoms with Crippen molar-refractivity contribution in [1.29, 1.82) is 0 Å². The number of hydrogen-bond donors (Lipinski definition) is 3. The van der Waals surface area contributed by atoms with E-state index in [2.05, 4.69) is 15.6 Å². The molecule has 0 bridgehead atoms. The number of amides is 2. The topological polar surface area (TPSA) is 97.1 Å². The maximum atomic E-state index is 12.2. The Balaban J connectivity index is 1.72. The molecule has 2 amide bonds. The third-order valence-corrected chi connectivity index (χ3v) is 4.20. The molecule has 0 aliphatic heterocycles. The minimum Gasteiger partial charge on any atom is -0.354 e. The first-order valence-electron chi connectivity index (χ1n) is 7.75. The molecule has 2 rings (SSSR count). The molecule has 1 saturated carbocycles. The van der Waals surface area contributed by atoms with Gasteiger partial charge in [-0.15, -0.1) is 0 Å². The number of rotatable bonds is 5. The number of nitrogens with zero attached hydrogens (tertiary/aromatic N) is 1. The lowest BCUT2D eigenvalue weighted by atomic mass is 9.74. The average Bonchev–Trinajstić information content (AvgIpc) is 2.51. The first-order chi connectivity index (χ1) is 10.5. The van der Waals surface area contributed by atoms with Gasteiger partial charge in [0.15, 0.2) is 0 Å². The Morgan fingerprint density at radius 2 is 2.14 bits per heavy atom. The third kappa shape index (κ3) is 4.27. The average molecular weight is 304 g/mol. The molecule has 0 saturated heterocycles. The Hall–Kier alpha value is -1.95. The van der Waals surface area contributed by atoms with Crippen LogP contribution in [0.3, 0.4) is 0 Å². The Morgan fingerprint density at radius 1 is 1.36 bits per heavy atom. The summed E-state index contributed by atoms with van der Waals surface area (Å²) in [7, 11) is 0. The molecule has 1 aromatic rings. The molecule has 0 spiro atoms. The molecule has 1 aliphatic rings. The van der Waals surface area contributed by atoms with Gasteiger partial charge in [0.05, 0.1) is 11.5 Å². The summed E-state index contributed by atoms with van der Waals surface area (Å²) >= 11 is 0. The molecule has 6 heteroatoms. The Labute approximate surface area is 130 Å². The second kappa shape index (κ2) is 7.35. The molecular weight excluding hydrogens is 280 g/mol. The van der Waals surface area contributed by atoms with Crippen LogP contribution < -0.4 is 16.4 Å². The fraction of sp³-hybridized carbons (Fsp3) is 0.562. The highest BCUT2D eigenvalue weighted by molar-refractivity contribution is 5.93. The minimum atomic E-state index is -0.429. The molecule has 1 aromatic heterocycles. The van der Waals surface area contributed by atoms with Crippen molar-refractivity contribution in [2.24, 2.45) is 11.7 Å². The SMILES string of the molecule is CC1(N)CCCCC1C(=O)NCCNC(=O)c1cccnc1. The van der Waals surface area contributed by atoms with E-state index >= 15 is 0 Å². The summed E-state index contributed by atoms with van der Waals surface area (Å²) in [5.74, 6) is -0.348. The maximum Gasteiger partial charge on any atom is 0.252 e. The number of carbonyl (C=O) groups is 2. The van der Waals surface area contributed by atoms with E-state index in [1.807, 2.05) is 6.92 Å². The molecule has 0 aromatic carbocycles. The van der Waals surface area contributed by atoms with Gasteiger partial charge in [0.25, 0.3) is 5.91 Å². The van der Waals surface area contributed by atoms with Crippen LogP contribution in [0.2, 0.25) is 0 Å². The predicted octanol–water partition coefficient (Wildman–Crippen LogP) is 0.835. The summed E-state index contributed by atoms with van der Waals surface area (Å²) in [4.78, 5) is 27.9. The molecule has 1 fully saturated rings. The van der Waals surface area contributed by atoms with Gasteiger partial charge in [0, 0.05) is 31.0 Å². The third-order valence-electron chi connectivity index (χ3n) is 4.20. The van der Waals surface area contributed by atoms with Gasteiger partial charge in [-0.25, -0.2) is 0 Å². The van der Waals surface area contributed by atoms with Gasteiger partial charge in [-0.05, 0) is 31.9 Å². The summed E-state index contributed by atoms with van der Waals surface area (Å²) in [6, 6.07) is 3.41. The summed E-state index contributed by atoms with van der Waals surface area (Å²) in [5, 5.41) is 5.62. The van der Waals surface area contributed by atoms with Gasteiger partial charge >= 0.3 is 0 Å². The number of hydrogen-bond acceptors (Lipinski definition) is 4. The largest absolute Gasteiger partial charge is 0.354 e. The summed E-state index contributed by atoms with van der Waals surface area (Å²) in [5.41, 5.74) is 6.29. The number of nitrogens with one attached hydrogen (secondary N) is 2.